The zero-order valence-electron chi connectivity index (χ0n) is 14.2. The van der Waals surface area contributed by atoms with Crippen LogP contribution in [0.4, 0.5) is 0 Å². The normalized spacial score (nSPS) is 27.8. The van der Waals surface area contributed by atoms with E-state index in [1.165, 1.54) is 37.0 Å². The number of nitrogens with two attached hydrogens (primary N) is 1. The molecule has 1 fully saturated rings. The fourth-order valence-electron chi connectivity index (χ4n) is 3.80. The van der Waals surface area contributed by atoms with Gasteiger partial charge in [0, 0.05) is 23.5 Å². The third-order valence-electron chi connectivity index (χ3n) is 5.54. The molecular formula is C18H32N2S. The number of thiophene rings is 1. The van der Waals surface area contributed by atoms with Crippen LogP contribution in [0.25, 0.3) is 0 Å². The molecule has 2 rings (SSSR count). The first-order chi connectivity index (χ1) is 9.87. The van der Waals surface area contributed by atoms with Crippen LogP contribution in [0.1, 0.15) is 57.8 Å². The first kappa shape index (κ1) is 17.0. The van der Waals surface area contributed by atoms with Crippen LogP contribution in [0.5, 0.6) is 0 Å². The van der Waals surface area contributed by atoms with E-state index in [-0.39, 0.29) is 5.54 Å². The summed E-state index contributed by atoms with van der Waals surface area (Å²) >= 11 is 1.85. The molecule has 1 saturated carbocycles. The Balaban J connectivity index is 2.06. The quantitative estimate of drug-likeness (QED) is 0.830. The molecule has 1 aliphatic rings. The van der Waals surface area contributed by atoms with Gasteiger partial charge in [0.25, 0.3) is 0 Å². The van der Waals surface area contributed by atoms with Gasteiger partial charge < -0.3 is 5.73 Å². The van der Waals surface area contributed by atoms with Crippen LogP contribution in [0.3, 0.4) is 0 Å². The maximum atomic E-state index is 6.25. The third kappa shape index (κ3) is 4.08. The summed E-state index contributed by atoms with van der Waals surface area (Å²) in [6, 6.07) is 4.38. The van der Waals surface area contributed by atoms with Crippen LogP contribution in [-0.4, -0.2) is 24.0 Å². The second kappa shape index (κ2) is 6.80. The molecule has 1 aromatic heterocycles. The number of likely N-dealkylation sites (N-methyl/N-ethyl adjacent to an activating group) is 1. The van der Waals surface area contributed by atoms with E-state index in [1.54, 1.807) is 0 Å². The zero-order chi connectivity index (χ0) is 15.5. The number of hydrogen-bond acceptors (Lipinski definition) is 3. The Bertz CT molecular complexity index is 421. The van der Waals surface area contributed by atoms with Gasteiger partial charge in [-0.3, -0.25) is 4.90 Å². The molecule has 120 valence electrons. The highest BCUT2D eigenvalue weighted by Gasteiger charge is 2.38. The highest BCUT2D eigenvalue weighted by Crippen LogP contribution is 2.41. The minimum Gasteiger partial charge on any atom is -0.329 e. The van der Waals surface area contributed by atoms with E-state index in [0.717, 1.165) is 19.0 Å². The molecule has 1 aliphatic carbocycles. The van der Waals surface area contributed by atoms with Gasteiger partial charge in [-0.2, -0.15) is 0 Å². The first-order valence-electron chi connectivity index (χ1n) is 8.31. The van der Waals surface area contributed by atoms with E-state index in [2.05, 4.69) is 50.2 Å². The zero-order valence-corrected chi connectivity index (χ0v) is 15.0. The molecule has 1 aromatic rings. The van der Waals surface area contributed by atoms with Crippen molar-refractivity contribution in [1.29, 1.82) is 0 Å². The van der Waals surface area contributed by atoms with E-state index in [0.29, 0.717) is 5.41 Å². The SMILES string of the molecule is CN(Cc1cccs1)C1(CN)CCCC(C(C)(C)C)CC1. The summed E-state index contributed by atoms with van der Waals surface area (Å²) in [7, 11) is 2.27. The van der Waals surface area contributed by atoms with Crippen molar-refractivity contribution in [3.63, 3.8) is 0 Å². The molecule has 21 heavy (non-hydrogen) atoms. The topological polar surface area (TPSA) is 29.3 Å². The maximum absolute atomic E-state index is 6.25. The first-order valence-corrected chi connectivity index (χ1v) is 9.19. The van der Waals surface area contributed by atoms with E-state index >= 15 is 0 Å². The fourth-order valence-corrected chi connectivity index (χ4v) is 4.56. The molecule has 2 atom stereocenters. The molecule has 0 radical (unpaired) electrons. The molecule has 0 bridgehead atoms. The van der Waals surface area contributed by atoms with E-state index < -0.39 is 0 Å². The van der Waals surface area contributed by atoms with Crippen molar-refractivity contribution in [2.75, 3.05) is 13.6 Å². The monoisotopic (exact) mass is 308 g/mol. The van der Waals surface area contributed by atoms with Crippen molar-refractivity contribution in [2.24, 2.45) is 17.1 Å². The van der Waals surface area contributed by atoms with E-state index in [1.807, 2.05) is 11.3 Å². The summed E-state index contributed by atoms with van der Waals surface area (Å²) in [5.74, 6) is 0.834. The van der Waals surface area contributed by atoms with Gasteiger partial charge in [-0.15, -0.1) is 11.3 Å². The molecule has 2 unspecified atom stereocenters. The number of nitrogens with zero attached hydrogens (tertiary/aromatic N) is 1. The van der Waals surface area contributed by atoms with Crippen molar-refractivity contribution in [3.8, 4) is 0 Å². The van der Waals surface area contributed by atoms with Gasteiger partial charge in [0.05, 0.1) is 0 Å². The summed E-state index contributed by atoms with van der Waals surface area (Å²) in [6.45, 7) is 8.99. The van der Waals surface area contributed by atoms with Crippen molar-refractivity contribution >= 4 is 11.3 Å². The molecule has 2 N–H and O–H groups in total. The fraction of sp³-hybridized carbons (Fsp3) is 0.778. The Hall–Kier alpha value is -0.380. The van der Waals surface area contributed by atoms with Gasteiger partial charge in [-0.1, -0.05) is 33.3 Å². The van der Waals surface area contributed by atoms with Crippen molar-refractivity contribution in [1.82, 2.24) is 4.90 Å². The second-order valence-electron chi connectivity index (χ2n) is 7.86. The van der Waals surface area contributed by atoms with Gasteiger partial charge in [-0.05, 0) is 55.5 Å². The lowest BCUT2D eigenvalue weighted by Crippen LogP contribution is -2.51. The Morgan fingerprint density at radius 2 is 2.10 bits per heavy atom. The number of hydrogen-bond donors (Lipinski definition) is 1. The molecule has 0 saturated heterocycles. The molecule has 0 aliphatic heterocycles. The molecule has 0 spiro atoms. The summed E-state index contributed by atoms with van der Waals surface area (Å²) in [5.41, 5.74) is 6.88. The van der Waals surface area contributed by atoms with Crippen molar-refractivity contribution < 1.29 is 0 Å². The lowest BCUT2D eigenvalue weighted by Gasteiger charge is -2.41. The molecule has 1 heterocycles. The lowest BCUT2D eigenvalue weighted by molar-refractivity contribution is 0.0961. The van der Waals surface area contributed by atoms with Crippen LogP contribution >= 0.6 is 11.3 Å². The van der Waals surface area contributed by atoms with Crippen molar-refractivity contribution in [2.45, 2.75) is 65.0 Å². The Morgan fingerprint density at radius 1 is 1.33 bits per heavy atom. The Kier molecular flexibility index (Phi) is 5.50. The molecule has 2 nitrogen and oxygen atoms in total. The van der Waals surface area contributed by atoms with Crippen LogP contribution in [-0.2, 0) is 6.54 Å². The molecule has 0 aromatic carbocycles. The van der Waals surface area contributed by atoms with Crippen LogP contribution < -0.4 is 5.73 Å². The summed E-state index contributed by atoms with van der Waals surface area (Å²) in [5, 5.41) is 2.17. The van der Waals surface area contributed by atoms with Gasteiger partial charge >= 0.3 is 0 Å². The van der Waals surface area contributed by atoms with Crippen LogP contribution in [0.15, 0.2) is 17.5 Å². The Morgan fingerprint density at radius 3 is 2.67 bits per heavy atom. The lowest BCUT2D eigenvalue weighted by atomic mass is 9.76. The van der Waals surface area contributed by atoms with Crippen molar-refractivity contribution in [3.05, 3.63) is 22.4 Å². The Labute approximate surface area is 134 Å². The summed E-state index contributed by atoms with van der Waals surface area (Å²) in [6.07, 6.45) is 6.48. The predicted octanol–water partition coefficient (Wildman–Crippen LogP) is 4.50. The highest BCUT2D eigenvalue weighted by molar-refractivity contribution is 7.09. The molecular weight excluding hydrogens is 276 g/mol. The summed E-state index contributed by atoms with van der Waals surface area (Å²) < 4.78 is 0. The largest absolute Gasteiger partial charge is 0.329 e. The predicted molar refractivity (Wildman–Crippen MR) is 93.6 cm³/mol. The number of rotatable bonds is 4. The summed E-state index contributed by atoms with van der Waals surface area (Å²) in [4.78, 5) is 3.98. The second-order valence-corrected chi connectivity index (χ2v) is 8.89. The van der Waals surface area contributed by atoms with Gasteiger partial charge in [0.15, 0.2) is 0 Å². The van der Waals surface area contributed by atoms with Crippen LogP contribution in [0, 0.1) is 11.3 Å². The van der Waals surface area contributed by atoms with Crippen LogP contribution in [0.2, 0.25) is 0 Å². The average molecular weight is 309 g/mol. The molecule has 0 amide bonds. The van der Waals surface area contributed by atoms with E-state index in [4.69, 9.17) is 5.73 Å². The minimum atomic E-state index is 0.198. The highest BCUT2D eigenvalue weighted by atomic mass is 32.1. The third-order valence-corrected chi connectivity index (χ3v) is 6.40. The minimum absolute atomic E-state index is 0.198. The van der Waals surface area contributed by atoms with E-state index in [9.17, 15) is 0 Å². The van der Waals surface area contributed by atoms with Gasteiger partial charge in [0.2, 0.25) is 0 Å². The average Bonchev–Trinajstić information content (AvgIpc) is 2.81. The van der Waals surface area contributed by atoms with Gasteiger partial charge in [0.1, 0.15) is 0 Å². The smallest absolute Gasteiger partial charge is 0.0332 e. The standard InChI is InChI=1S/C18H32N2S/c1-17(2,3)15-7-5-10-18(14-19,11-9-15)20(4)13-16-8-6-12-21-16/h6,8,12,15H,5,7,9-11,13-14,19H2,1-4H3. The maximum Gasteiger partial charge on any atom is 0.0332 e. The molecule has 3 heteroatoms. The van der Waals surface area contributed by atoms with Gasteiger partial charge in [-0.25, -0.2) is 0 Å².